The molecule has 2 nitrogen and oxygen atoms in total. The van der Waals surface area contributed by atoms with Gasteiger partial charge in [0, 0.05) is 24.4 Å². The first-order chi connectivity index (χ1) is 8.16. The maximum absolute atomic E-state index is 13.3. The van der Waals surface area contributed by atoms with Crippen LogP contribution < -0.4 is 5.32 Å². The molecule has 0 spiro atoms. The summed E-state index contributed by atoms with van der Waals surface area (Å²) in [5, 5.41) is 3.19. The second-order valence-corrected chi connectivity index (χ2v) is 4.41. The first kappa shape index (κ1) is 12.2. The Balaban J connectivity index is 1.97. The van der Waals surface area contributed by atoms with Crippen molar-refractivity contribution in [3.8, 4) is 0 Å². The maximum Gasteiger partial charge on any atom is 0.139 e. The van der Waals surface area contributed by atoms with E-state index in [4.69, 9.17) is 0 Å². The smallest absolute Gasteiger partial charge is 0.139 e. The lowest BCUT2D eigenvalue weighted by molar-refractivity contribution is -0.118. The topological polar surface area (TPSA) is 29.1 Å². The largest absolute Gasteiger partial charge is 0.314 e. The highest BCUT2D eigenvalue weighted by Gasteiger charge is 2.19. The highest BCUT2D eigenvalue weighted by molar-refractivity contribution is 5.81. The lowest BCUT2D eigenvalue weighted by Crippen LogP contribution is -2.25. The van der Waals surface area contributed by atoms with Crippen LogP contribution in [0, 0.1) is 11.6 Å². The van der Waals surface area contributed by atoms with Crippen molar-refractivity contribution in [3.63, 3.8) is 0 Å². The van der Waals surface area contributed by atoms with E-state index in [0.29, 0.717) is 6.42 Å². The number of Topliss-reactive ketones (excluding diaryl/α,β-unsaturated/α-hetero) is 1. The lowest BCUT2D eigenvalue weighted by Gasteiger charge is -2.09. The molecule has 1 heterocycles. The molecule has 92 valence electrons. The fourth-order valence-corrected chi connectivity index (χ4v) is 2.18. The predicted molar refractivity (Wildman–Crippen MR) is 60.7 cm³/mol. The Morgan fingerprint density at radius 3 is 2.65 bits per heavy atom. The van der Waals surface area contributed by atoms with Gasteiger partial charge in [0.1, 0.15) is 17.4 Å². The fourth-order valence-electron chi connectivity index (χ4n) is 2.18. The zero-order valence-corrected chi connectivity index (χ0v) is 9.51. The Kier molecular flexibility index (Phi) is 3.84. The fraction of sp³-hybridized carbons (Fsp3) is 0.462. The molecule has 17 heavy (non-hydrogen) atoms. The monoisotopic (exact) mass is 239 g/mol. The molecule has 2 rings (SSSR count). The van der Waals surface area contributed by atoms with Crippen LogP contribution in [-0.4, -0.2) is 18.4 Å². The van der Waals surface area contributed by atoms with Gasteiger partial charge in [0.15, 0.2) is 0 Å². The first-order valence-electron chi connectivity index (χ1n) is 5.85. The van der Waals surface area contributed by atoms with Crippen LogP contribution in [0.2, 0.25) is 0 Å². The molecule has 4 heteroatoms. The van der Waals surface area contributed by atoms with Crippen molar-refractivity contribution >= 4 is 5.78 Å². The van der Waals surface area contributed by atoms with Crippen molar-refractivity contribution in [2.24, 2.45) is 0 Å². The average Bonchev–Trinajstić information content (AvgIpc) is 2.76. The van der Waals surface area contributed by atoms with Gasteiger partial charge >= 0.3 is 0 Å². The van der Waals surface area contributed by atoms with Crippen molar-refractivity contribution in [2.45, 2.75) is 31.7 Å². The van der Waals surface area contributed by atoms with E-state index >= 15 is 0 Å². The standard InChI is InChI=1S/C13H15F2NO/c14-12-4-1-5-13(15)11(12)8-10(17)7-9-3-2-6-16-9/h1,4-5,9,16H,2-3,6-8H2. The number of benzene rings is 1. The summed E-state index contributed by atoms with van der Waals surface area (Å²) in [6.07, 6.45) is 2.22. The minimum absolute atomic E-state index is 0.115. The zero-order chi connectivity index (χ0) is 12.3. The Morgan fingerprint density at radius 1 is 1.35 bits per heavy atom. The van der Waals surface area contributed by atoms with Crippen LogP contribution >= 0.6 is 0 Å². The van der Waals surface area contributed by atoms with Crippen molar-refractivity contribution in [1.82, 2.24) is 5.32 Å². The van der Waals surface area contributed by atoms with Crippen molar-refractivity contribution in [2.75, 3.05) is 6.54 Å². The van der Waals surface area contributed by atoms with E-state index < -0.39 is 11.6 Å². The Bertz CT molecular complexity index is 394. The van der Waals surface area contributed by atoms with Gasteiger partial charge in [-0.05, 0) is 31.5 Å². The van der Waals surface area contributed by atoms with E-state index in [-0.39, 0.29) is 23.8 Å². The summed E-state index contributed by atoms with van der Waals surface area (Å²) in [5.41, 5.74) is -0.115. The van der Waals surface area contributed by atoms with E-state index in [1.54, 1.807) is 0 Å². The number of rotatable bonds is 4. The van der Waals surface area contributed by atoms with Gasteiger partial charge in [-0.1, -0.05) is 6.07 Å². The zero-order valence-electron chi connectivity index (χ0n) is 9.51. The summed E-state index contributed by atoms with van der Waals surface area (Å²) in [4.78, 5) is 11.7. The highest BCUT2D eigenvalue weighted by atomic mass is 19.1. The van der Waals surface area contributed by atoms with Crippen LogP contribution in [0.3, 0.4) is 0 Å². The molecule has 1 saturated heterocycles. The summed E-state index contributed by atoms with van der Waals surface area (Å²) in [6, 6.07) is 3.84. The Labute approximate surface area is 99.0 Å². The maximum atomic E-state index is 13.3. The lowest BCUT2D eigenvalue weighted by atomic mass is 10.0. The molecule has 0 radical (unpaired) electrons. The molecule has 0 saturated carbocycles. The number of carbonyl (C=O) groups excluding carboxylic acids is 1. The first-order valence-corrected chi connectivity index (χ1v) is 5.85. The Morgan fingerprint density at radius 2 is 2.06 bits per heavy atom. The molecule has 0 amide bonds. The third-order valence-electron chi connectivity index (χ3n) is 3.07. The van der Waals surface area contributed by atoms with Crippen molar-refractivity contribution in [1.29, 1.82) is 0 Å². The van der Waals surface area contributed by atoms with E-state index in [9.17, 15) is 13.6 Å². The summed E-state index contributed by atoms with van der Waals surface area (Å²) >= 11 is 0. The number of ketones is 1. The Hall–Kier alpha value is -1.29. The van der Waals surface area contributed by atoms with Crippen molar-refractivity contribution in [3.05, 3.63) is 35.4 Å². The van der Waals surface area contributed by atoms with Crippen LogP contribution in [0.1, 0.15) is 24.8 Å². The molecule has 1 aromatic carbocycles. The number of nitrogens with one attached hydrogen (secondary N) is 1. The minimum Gasteiger partial charge on any atom is -0.314 e. The summed E-state index contributed by atoms with van der Waals surface area (Å²) in [7, 11) is 0. The average molecular weight is 239 g/mol. The van der Waals surface area contributed by atoms with E-state index in [1.165, 1.54) is 18.2 Å². The predicted octanol–water partition coefficient (Wildman–Crippen LogP) is 2.22. The molecule has 1 aliphatic heterocycles. The van der Waals surface area contributed by atoms with Crippen LogP contribution in [-0.2, 0) is 11.2 Å². The number of carbonyl (C=O) groups is 1. The van der Waals surface area contributed by atoms with Gasteiger partial charge in [0.2, 0.25) is 0 Å². The number of halogens is 2. The van der Waals surface area contributed by atoms with Gasteiger partial charge in [-0.2, -0.15) is 0 Å². The van der Waals surface area contributed by atoms with E-state index in [0.717, 1.165) is 19.4 Å². The van der Waals surface area contributed by atoms with Crippen LogP contribution in [0.15, 0.2) is 18.2 Å². The quantitative estimate of drug-likeness (QED) is 0.872. The second kappa shape index (κ2) is 5.36. The van der Waals surface area contributed by atoms with Gasteiger partial charge < -0.3 is 5.32 Å². The second-order valence-electron chi connectivity index (χ2n) is 4.41. The highest BCUT2D eigenvalue weighted by Crippen LogP contribution is 2.15. The molecule has 1 N–H and O–H groups in total. The SMILES string of the molecule is O=C(Cc1c(F)cccc1F)CC1CCCN1. The van der Waals surface area contributed by atoms with E-state index in [2.05, 4.69) is 5.32 Å². The van der Waals surface area contributed by atoms with Gasteiger partial charge in [-0.15, -0.1) is 0 Å². The normalized spacial score (nSPS) is 19.5. The summed E-state index contributed by atoms with van der Waals surface area (Å²) in [6.45, 7) is 0.923. The molecular weight excluding hydrogens is 224 g/mol. The molecule has 1 unspecified atom stereocenters. The molecule has 1 aromatic rings. The van der Waals surface area contributed by atoms with Crippen molar-refractivity contribution < 1.29 is 13.6 Å². The van der Waals surface area contributed by atoms with Gasteiger partial charge in [0.25, 0.3) is 0 Å². The number of hydrogen-bond acceptors (Lipinski definition) is 2. The van der Waals surface area contributed by atoms with Gasteiger partial charge in [-0.3, -0.25) is 4.79 Å². The van der Waals surface area contributed by atoms with Crippen LogP contribution in [0.5, 0.6) is 0 Å². The molecule has 0 aliphatic carbocycles. The number of hydrogen-bond donors (Lipinski definition) is 1. The van der Waals surface area contributed by atoms with Crippen LogP contribution in [0.25, 0.3) is 0 Å². The third-order valence-corrected chi connectivity index (χ3v) is 3.07. The minimum atomic E-state index is -0.641. The van der Waals surface area contributed by atoms with Gasteiger partial charge in [0.05, 0.1) is 0 Å². The van der Waals surface area contributed by atoms with E-state index in [1.807, 2.05) is 0 Å². The molecule has 1 fully saturated rings. The summed E-state index contributed by atoms with van der Waals surface area (Å²) < 4.78 is 26.6. The summed E-state index contributed by atoms with van der Waals surface area (Å²) in [5.74, 6) is -1.40. The van der Waals surface area contributed by atoms with Crippen LogP contribution in [0.4, 0.5) is 8.78 Å². The molecule has 0 bridgehead atoms. The molecular formula is C13H15F2NO. The third kappa shape index (κ3) is 3.09. The molecule has 1 atom stereocenters. The molecule has 0 aromatic heterocycles. The molecule has 1 aliphatic rings. The van der Waals surface area contributed by atoms with Gasteiger partial charge in [-0.25, -0.2) is 8.78 Å².